The van der Waals surface area contributed by atoms with E-state index in [2.05, 4.69) is 10.3 Å². The lowest BCUT2D eigenvalue weighted by Gasteiger charge is -2.40. The molecule has 1 aliphatic heterocycles. The van der Waals surface area contributed by atoms with Gasteiger partial charge in [-0.25, -0.2) is 9.37 Å². The minimum atomic E-state index is -1.02. The molecule has 8 nitrogen and oxygen atoms in total. The van der Waals surface area contributed by atoms with Gasteiger partial charge in [0.1, 0.15) is 5.82 Å². The van der Waals surface area contributed by atoms with E-state index in [1.807, 2.05) is 17.6 Å². The number of benzene rings is 3. The predicted octanol–water partition coefficient (Wildman–Crippen LogP) is 4.26. The van der Waals surface area contributed by atoms with Crippen LogP contribution in [0, 0.1) is 5.82 Å². The molecule has 1 aromatic heterocycles. The molecule has 5 rings (SSSR count). The monoisotopic (exact) mass is 463 g/mol. The summed E-state index contributed by atoms with van der Waals surface area (Å²) in [6.45, 7) is 2.74. The number of phenolic OH excluding ortho intramolecular Hbond substituents is 2. The van der Waals surface area contributed by atoms with Crippen LogP contribution in [0.4, 0.5) is 10.1 Å². The van der Waals surface area contributed by atoms with Crippen LogP contribution in [-0.2, 0) is 10.3 Å². The molecule has 174 valence electrons. The molecule has 34 heavy (non-hydrogen) atoms. The topological polar surface area (TPSA) is 106 Å². The fraction of sp³-hybridized carbons (Fsp3) is 0.200. The summed E-state index contributed by atoms with van der Waals surface area (Å²) in [5.74, 6) is -2.74. The van der Waals surface area contributed by atoms with Crippen LogP contribution in [-0.4, -0.2) is 46.0 Å². The molecule has 0 bridgehead atoms. The number of rotatable bonds is 5. The quantitative estimate of drug-likeness (QED) is 0.382. The predicted molar refractivity (Wildman–Crippen MR) is 124 cm³/mol. The second kappa shape index (κ2) is 8.03. The van der Waals surface area contributed by atoms with E-state index in [9.17, 15) is 15.0 Å². The smallest absolute Gasteiger partial charge is 0.255 e. The Morgan fingerprint density at radius 1 is 1.15 bits per heavy atom. The number of imidazole rings is 1. The van der Waals surface area contributed by atoms with Gasteiger partial charge in [0.15, 0.2) is 17.3 Å². The lowest BCUT2D eigenvalue weighted by atomic mass is 9.98. The summed E-state index contributed by atoms with van der Waals surface area (Å²) < 4.78 is 27.5. The third-order valence-corrected chi connectivity index (χ3v) is 5.95. The lowest BCUT2D eigenvalue weighted by Crippen LogP contribution is -2.49. The van der Waals surface area contributed by atoms with Gasteiger partial charge in [-0.1, -0.05) is 18.2 Å². The average molecular weight is 463 g/mol. The number of amides is 1. The van der Waals surface area contributed by atoms with Gasteiger partial charge in [-0.15, -0.1) is 0 Å². The highest BCUT2D eigenvalue weighted by atomic mass is 19.1. The van der Waals surface area contributed by atoms with Crippen molar-refractivity contribution in [3.8, 4) is 28.6 Å². The van der Waals surface area contributed by atoms with Crippen molar-refractivity contribution < 1.29 is 28.9 Å². The summed E-state index contributed by atoms with van der Waals surface area (Å²) >= 11 is 0. The standard InChI is InChI=1S/C25H22FN3O5/c1-25(12-34-13-25)29-18-9-8-15(27-24(32)14-6-4-3-5-7-14)10-17(18)28-23(29)16-11-19(33-2)21(30)22(31)20(16)26/h3-11,30-31H,12-13H2,1-2H3,(H,27,32). The second-order valence-corrected chi connectivity index (χ2v) is 8.42. The Morgan fingerprint density at radius 2 is 1.88 bits per heavy atom. The molecular formula is C25H22FN3O5. The van der Waals surface area contributed by atoms with E-state index in [4.69, 9.17) is 9.47 Å². The number of ether oxygens (including phenoxy) is 2. The number of methoxy groups -OCH3 is 1. The summed E-state index contributed by atoms with van der Waals surface area (Å²) in [7, 11) is 1.31. The molecule has 1 fully saturated rings. The van der Waals surface area contributed by atoms with Crippen molar-refractivity contribution in [2.75, 3.05) is 25.6 Å². The molecule has 3 aromatic carbocycles. The largest absolute Gasteiger partial charge is 0.502 e. The van der Waals surface area contributed by atoms with E-state index in [0.29, 0.717) is 35.5 Å². The van der Waals surface area contributed by atoms with Gasteiger partial charge in [0.05, 0.1) is 42.5 Å². The maximum Gasteiger partial charge on any atom is 0.255 e. The fourth-order valence-electron chi connectivity index (χ4n) is 4.13. The van der Waals surface area contributed by atoms with Gasteiger partial charge >= 0.3 is 0 Å². The molecule has 1 amide bonds. The van der Waals surface area contributed by atoms with Crippen molar-refractivity contribution in [2.45, 2.75) is 12.5 Å². The number of fused-ring (bicyclic) bond motifs is 1. The van der Waals surface area contributed by atoms with Crippen molar-refractivity contribution in [3.63, 3.8) is 0 Å². The zero-order chi connectivity index (χ0) is 24.0. The SMILES string of the molecule is COc1cc(-c2nc3cc(NC(=O)c4ccccc4)ccc3n2C2(C)COC2)c(F)c(O)c1O. The van der Waals surface area contributed by atoms with Crippen molar-refractivity contribution in [1.29, 1.82) is 0 Å². The first-order chi connectivity index (χ1) is 16.3. The molecule has 9 heteroatoms. The number of carbonyl (C=O) groups excluding carboxylic acids is 1. The Labute approximate surface area is 194 Å². The Kier molecular flexibility index (Phi) is 5.13. The molecule has 0 radical (unpaired) electrons. The number of phenols is 2. The first-order valence-corrected chi connectivity index (χ1v) is 10.6. The summed E-state index contributed by atoms with van der Waals surface area (Å²) in [6, 6.07) is 15.4. The van der Waals surface area contributed by atoms with Crippen LogP contribution in [0.25, 0.3) is 22.4 Å². The zero-order valence-electron chi connectivity index (χ0n) is 18.5. The maximum atomic E-state index is 15.1. The van der Waals surface area contributed by atoms with Crippen LogP contribution in [0.2, 0.25) is 0 Å². The summed E-state index contributed by atoms with van der Waals surface area (Å²) in [5.41, 5.74) is 1.71. The van der Waals surface area contributed by atoms with Gasteiger partial charge in [-0.3, -0.25) is 4.79 Å². The van der Waals surface area contributed by atoms with Crippen LogP contribution in [0.5, 0.6) is 17.2 Å². The van der Waals surface area contributed by atoms with E-state index in [-0.39, 0.29) is 23.0 Å². The van der Waals surface area contributed by atoms with Crippen LogP contribution in [0.15, 0.2) is 54.6 Å². The number of nitrogens with one attached hydrogen (secondary N) is 1. The van der Waals surface area contributed by atoms with Crippen LogP contribution in [0.3, 0.4) is 0 Å². The highest BCUT2D eigenvalue weighted by Crippen LogP contribution is 2.44. The van der Waals surface area contributed by atoms with Gasteiger partial charge in [-0.2, -0.15) is 0 Å². The van der Waals surface area contributed by atoms with Crippen molar-refractivity contribution in [1.82, 2.24) is 9.55 Å². The Hall–Kier alpha value is -4.11. The molecule has 0 spiro atoms. The normalized spacial score (nSPS) is 14.6. The van der Waals surface area contributed by atoms with E-state index in [1.165, 1.54) is 13.2 Å². The third kappa shape index (κ3) is 3.41. The molecule has 0 atom stereocenters. The number of hydrogen-bond donors (Lipinski definition) is 3. The van der Waals surface area contributed by atoms with Crippen molar-refractivity contribution in [3.05, 3.63) is 66.0 Å². The number of aromatic nitrogens is 2. The van der Waals surface area contributed by atoms with Crippen LogP contribution >= 0.6 is 0 Å². The van der Waals surface area contributed by atoms with Crippen molar-refractivity contribution >= 4 is 22.6 Å². The maximum absolute atomic E-state index is 15.1. The number of hydrogen-bond acceptors (Lipinski definition) is 6. The number of halogens is 1. The van der Waals surface area contributed by atoms with Crippen LogP contribution in [0.1, 0.15) is 17.3 Å². The summed E-state index contributed by atoms with van der Waals surface area (Å²) in [4.78, 5) is 17.2. The molecule has 2 heterocycles. The van der Waals surface area contributed by atoms with E-state index < -0.39 is 22.9 Å². The molecule has 0 aliphatic carbocycles. The Bertz CT molecular complexity index is 1410. The van der Waals surface area contributed by atoms with Gasteiger partial charge < -0.3 is 29.6 Å². The Morgan fingerprint density at radius 3 is 2.53 bits per heavy atom. The highest BCUT2D eigenvalue weighted by Gasteiger charge is 2.39. The molecule has 4 aromatic rings. The van der Waals surface area contributed by atoms with Crippen LogP contribution < -0.4 is 10.1 Å². The van der Waals surface area contributed by atoms with E-state index >= 15 is 4.39 Å². The average Bonchev–Trinajstić information content (AvgIpc) is 3.20. The molecule has 0 unspecified atom stereocenters. The van der Waals surface area contributed by atoms with Gasteiger partial charge in [0, 0.05) is 11.3 Å². The third-order valence-electron chi connectivity index (χ3n) is 5.95. The van der Waals surface area contributed by atoms with Crippen molar-refractivity contribution in [2.24, 2.45) is 0 Å². The minimum Gasteiger partial charge on any atom is -0.502 e. The van der Waals surface area contributed by atoms with E-state index in [1.54, 1.807) is 42.5 Å². The molecule has 3 N–H and O–H groups in total. The molecular weight excluding hydrogens is 441 g/mol. The first kappa shape index (κ1) is 21.7. The molecule has 1 saturated heterocycles. The second-order valence-electron chi connectivity index (χ2n) is 8.42. The number of aromatic hydroxyl groups is 2. The summed E-state index contributed by atoms with van der Waals surface area (Å²) in [6.07, 6.45) is 0. The fourth-order valence-corrected chi connectivity index (χ4v) is 4.13. The van der Waals surface area contributed by atoms with Gasteiger partial charge in [0.2, 0.25) is 5.75 Å². The molecule has 0 saturated carbocycles. The molecule has 1 aliphatic rings. The lowest BCUT2D eigenvalue weighted by molar-refractivity contribution is -0.0868. The number of carbonyl (C=O) groups is 1. The van der Waals surface area contributed by atoms with Gasteiger partial charge in [-0.05, 0) is 43.3 Å². The Balaban J connectivity index is 1.65. The number of anilines is 1. The highest BCUT2D eigenvalue weighted by molar-refractivity contribution is 6.05. The van der Waals surface area contributed by atoms with E-state index in [0.717, 1.165) is 0 Å². The minimum absolute atomic E-state index is 0.0358. The first-order valence-electron chi connectivity index (χ1n) is 10.6. The zero-order valence-corrected chi connectivity index (χ0v) is 18.5. The summed E-state index contributed by atoms with van der Waals surface area (Å²) in [5, 5.41) is 23.0. The van der Waals surface area contributed by atoms with Gasteiger partial charge in [0.25, 0.3) is 5.91 Å². The number of nitrogens with zero attached hydrogens (tertiary/aromatic N) is 2.